The van der Waals surface area contributed by atoms with E-state index < -0.39 is 0 Å². The molecule has 0 bridgehead atoms. The first-order chi connectivity index (χ1) is 32.8. The van der Waals surface area contributed by atoms with Crippen molar-refractivity contribution in [1.82, 2.24) is 0 Å². The Morgan fingerprint density at radius 1 is 0.394 bits per heavy atom. The van der Waals surface area contributed by atoms with Crippen molar-refractivity contribution in [2.75, 3.05) is 4.90 Å². The van der Waals surface area contributed by atoms with Crippen LogP contribution in [0.5, 0.6) is 0 Å². The van der Waals surface area contributed by atoms with Gasteiger partial charge in [0.15, 0.2) is 0 Å². The molecule has 0 N–H and O–H groups in total. The first-order valence-electron chi connectivity index (χ1n) is 23.2. The highest BCUT2D eigenvalue weighted by molar-refractivity contribution is 6.06. The largest absolute Gasteiger partial charge is 0.310 e. The fraction of sp³-hybridized carbons (Fsp3) is 0.0462. The third-order valence-corrected chi connectivity index (χ3v) is 14.4. The van der Waals surface area contributed by atoms with E-state index >= 15 is 0 Å². The van der Waals surface area contributed by atoms with Crippen LogP contribution >= 0.6 is 0 Å². The highest BCUT2D eigenvalue weighted by atomic mass is 15.1. The van der Waals surface area contributed by atoms with Crippen LogP contribution in [0.3, 0.4) is 0 Å². The lowest BCUT2D eigenvalue weighted by Gasteiger charge is -2.32. The van der Waals surface area contributed by atoms with E-state index in [1.165, 1.54) is 94.2 Å². The first-order valence-corrected chi connectivity index (χ1v) is 23.2. The Hall–Kier alpha value is -8.26. The summed E-state index contributed by atoms with van der Waals surface area (Å²) in [5.41, 5.74) is 22.5. The molecule has 0 fully saturated rings. The van der Waals surface area contributed by atoms with Crippen molar-refractivity contribution in [3.63, 3.8) is 0 Å². The molecule has 1 unspecified atom stereocenters. The minimum atomic E-state index is -0.374. The second-order valence-electron chi connectivity index (χ2n) is 17.9. The monoisotopic (exact) mass is 839 g/mol. The predicted molar refractivity (Wildman–Crippen MR) is 276 cm³/mol. The Balaban J connectivity index is 0.959. The van der Waals surface area contributed by atoms with Gasteiger partial charge >= 0.3 is 0 Å². The zero-order chi connectivity index (χ0) is 43.6. The Morgan fingerprint density at radius 3 is 1.62 bits per heavy atom. The average Bonchev–Trinajstić information content (AvgIpc) is 3.86. The lowest BCUT2D eigenvalue weighted by atomic mass is 9.70. The lowest BCUT2D eigenvalue weighted by Crippen LogP contribution is -2.26. The van der Waals surface area contributed by atoms with Crippen LogP contribution in [0.25, 0.3) is 66.4 Å². The van der Waals surface area contributed by atoms with Gasteiger partial charge in [-0.3, -0.25) is 0 Å². The number of fused-ring (bicyclic) bond motifs is 11. The molecule has 1 atom stereocenters. The van der Waals surface area contributed by atoms with Crippen LogP contribution in [0.2, 0.25) is 0 Å². The fourth-order valence-corrected chi connectivity index (χ4v) is 11.6. The van der Waals surface area contributed by atoms with Gasteiger partial charge in [0.05, 0.1) is 11.1 Å². The van der Waals surface area contributed by atoms with E-state index in [-0.39, 0.29) is 11.3 Å². The second kappa shape index (κ2) is 15.5. The number of para-hydroxylation sites is 2. The molecule has 310 valence electrons. The number of hydrogen-bond donors (Lipinski definition) is 0. The van der Waals surface area contributed by atoms with E-state index in [1.807, 2.05) is 0 Å². The van der Waals surface area contributed by atoms with Crippen molar-refractivity contribution in [1.29, 1.82) is 0 Å². The molecule has 66 heavy (non-hydrogen) atoms. The zero-order valence-corrected chi connectivity index (χ0v) is 36.5. The average molecular weight is 840 g/mol. The van der Waals surface area contributed by atoms with Gasteiger partial charge in [0.25, 0.3) is 0 Å². The molecule has 0 aliphatic heterocycles. The summed E-state index contributed by atoms with van der Waals surface area (Å²) < 4.78 is 0. The smallest absolute Gasteiger partial charge is 0.0725 e. The van der Waals surface area contributed by atoms with Gasteiger partial charge in [-0.05, 0) is 119 Å². The second-order valence-corrected chi connectivity index (χ2v) is 17.9. The molecular formula is C65H45N. The number of rotatable bonds is 7. The van der Waals surface area contributed by atoms with Crippen molar-refractivity contribution in [3.8, 4) is 55.6 Å². The number of anilines is 2. The van der Waals surface area contributed by atoms with Crippen molar-refractivity contribution in [2.45, 2.75) is 17.8 Å². The van der Waals surface area contributed by atoms with Crippen LogP contribution < -0.4 is 4.90 Å². The quantitative estimate of drug-likeness (QED) is 0.155. The Bertz CT molecular complexity index is 3490. The molecule has 0 radical (unpaired) electrons. The molecule has 3 aliphatic carbocycles. The van der Waals surface area contributed by atoms with Gasteiger partial charge in [-0.25, -0.2) is 0 Å². The van der Waals surface area contributed by atoms with Gasteiger partial charge < -0.3 is 4.90 Å². The topological polar surface area (TPSA) is 3.24 Å². The molecule has 3 aliphatic rings. The molecule has 10 aromatic rings. The number of benzene rings is 10. The number of nitrogens with zero attached hydrogens (tertiary/aromatic N) is 1. The van der Waals surface area contributed by atoms with Gasteiger partial charge in [0.2, 0.25) is 0 Å². The molecule has 0 amide bonds. The third-order valence-electron chi connectivity index (χ3n) is 14.4. The molecule has 0 saturated carbocycles. The van der Waals surface area contributed by atoms with Gasteiger partial charge in [0, 0.05) is 22.9 Å². The summed E-state index contributed by atoms with van der Waals surface area (Å²) in [7, 11) is 0. The zero-order valence-electron chi connectivity index (χ0n) is 36.5. The van der Waals surface area contributed by atoms with E-state index in [0.717, 1.165) is 23.5 Å². The van der Waals surface area contributed by atoms with Crippen LogP contribution in [0, 0.1) is 0 Å². The summed E-state index contributed by atoms with van der Waals surface area (Å²) in [5.74, 6) is 0.167. The Labute approximate surface area is 386 Å². The van der Waals surface area contributed by atoms with Crippen LogP contribution in [0.1, 0.15) is 40.2 Å². The van der Waals surface area contributed by atoms with Gasteiger partial charge in [-0.15, -0.1) is 0 Å². The molecule has 1 spiro atoms. The maximum absolute atomic E-state index is 2.55. The molecule has 1 heteroatoms. The number of hydrogen-bond acceptors (Lipinski definition) is 1. The predicted octanol–water partition coefficient (Wildman–Crippen LogP) is 16.9. The number of allylic oxidation sites excluding steroid dienone is 3. The van der Waals surface area contributed by atoms with E-state index in [1.54, 1.807) is 0 Å². The molecule has 0 aromatic heterocycles. The Morgan fingerprint density at radius 2 is 0.924 bits per heavy atom. The van der Waals surface area contributed by atoms with Gasteiger partial charge in [-0.2, -0.15) is 0 Å². The van der Waals surface area contributed by atoms with Gasteiger partial charge in [-0.1, -0.05) is 231 Å². The van der Waals surface area contributed by atoms with Gasteiger partial charge in [0.1, 0.15) is 0 Å². The van der Waals surface area contributed by atoms with Crippen LogP contribution in [-0.2, 0) is 5.41 Å². The van der Waals surface area contributed by atoms with Crippen molar-refractivity contribution >= 4 is 22.1 Å². The summed E-state index contributed by atoms with van der Waals surface area (Å²) in [6.45, 7) is 0. The lowest BCUT2D eigenvalue weighted by molar-refractivity contribution is 0.782. The van der Waals surface area contributed by atoms with Crippen molar-refractivity contribution < 1.29 is 0 Å². The van der Waals surface area contributed by atoms with Crippen LogP contribution in [0.4, 0.5) is 11.4 Å². The van der Waals surface area contributed by atoms with E-state index in [4.69, 9.17) is 0 Å². The van der Waals surface area contributed by atoms with Crippen molar-refractivity contribution in [2.24, 2.45) is 0 Å². The van der Waals surface area contributed by atoms with Crippen LogP contribution in [-0.4, -0.2) is 0 Å². The normalized spacial score (nSPS) is 14.9. The highest BCUT2D eigenvalue weighted by Gasteiger charge is 2.51. The summed E-state index contributed by atoms with van der Waals surface area (Å²) in [6, 6.07) is 87.7. The fourth-order valence-electron chi connectivity index (χ4n) is 11.6. The first kappa shape index (κ1) is 38.2. The van der Waals surface area contributed by atoms with E-state index in [9.17, 15) is 0 Å². The maximum Gasteiger partial charge on any atom is 0.0725 e. The summed E-state index contributed by atoms with van der Waals surface area (Å²) in [4.78, 5) is 2.48. The SMILES string of the molecule is C1=CC(N(c2ccccc2)c2ccccc2-c2ccc3ccccc3c2-c2ccc(-c3ccccc3)cc2)=CC(c2ccc3c(c2)C2(c4ccccc4-c4ccccc42)c2ccccc2-3)C1. The molecule has 0 heterocycles. The summed E-state index contributed by atoms with van der Waals surface area (Å²) in [6.07, 6.45) is 8.15. The van der Waals surface area contributed by atoms with Crippen LogP contribution in [0.15, 0.2) is 261 Å². The third kappa shape index (κ3) is 5.87. The molecule has 0 saturated heterocycles. The highest BCUT2D eigenvalue weighted by Crippen LogP contribution is 2.63. The minimum Gasteiger partial charge on any atom is -0.310 e. The molecular weight excluding hydrogens is 795 g/mol. The van der Waals surface area contributed by atoms with Crippen molar-refractivity contribution in [3.05, 3.63) is 288 Å². The standard InChI is InChI=1S/C65H45N/c1-3-18-44(19-4-1)45-34-36-47(37-35-45)64-52-25-8-7-20-46(52)38-41-58(64)57-29-12-16-33-63(57)66(50-22-5-2-6-23-50)51-24-17-21-48(42-51)49-39-40-56-55-28-11-15-32-61(55)65(62(56)43-49)59-30-13-9-26-53(59)54-27-10-14-31-60(54)65/h1-20,22-43,48H,21H2. The molecule has 13 rings (SSSR count). The summed E-state index contributed by atoms with van der Waals surface area (Å²) >= 11 is 0. The molecule has 1 nitrogen and oxygen atoms in total. The Kier molecular flexibility index (Phi) is 8.96. The summed E-state index contributed by atoms with van der Waals surface area (Å²) in [5, 5.41) is 2.47. The molecule has 10 aromatic carbocycles. The minimum absolute atomic E-state index is 0.167. The van der Waals surface area contributed by atoms with E-state index in [2.05, 4.69) is 260 Å². The van der Waals surface area contributed by atoms with E-state index in [0.29, 0.717) is 0 Å². The maximum atomic E-state index is 2.55.